The molecule has 0 saturated carbocycles. The first kappa shape index (κ1) is 16.4. The van der Waals surface area contributed by atoms with Crippen LogP contribution in [0.5, 0.6) is 0 Å². The number of H-pyrrole nitrogens is 1. The number of aromatic amines is 1. The molecule has 0 radical (unpaired) electrons. The zero-order valence-corrected chi connectivity index (χ0v) is 15.2. The number of fused-ring (bicyclic) bond motifs is 3. The molecule has 0 aliphatic heterocycles. The Bertz CT molecular complexity index is 802. The lowest BCUT2D eigenvalue weighted by Gasteiger charge is -2.19. The fourth-order valence-corrected chi connectivity index (χ4v) is 4.38. The Balaban J connectivity index is 2.03. The summed E-state index contributed by atoms with van der Waals surface area (Å²) in [5, 5.41) is 3.81. The molecule has 0 spiro atoms. The van der Waals surface area contributed by atoms with Crippen LogP contribution in [0.3, 0.4) is 0 Å². The molecule has 0 atom stereocenters. The maximum absolute atomic E-state index is 12.1. The third-order valence-electron chi connectivity index (χ3n) is 3.71. The molecule has 7 heteroatoms. The van der Waals surface area contributed by atoms with E-state index in [4.69, 9.17) is 17.0 Å². The number of ether oxygens (including phenoxy) is 1. The quantitative estimate of drug-likeness (QED) is 0.562. The van der Waals surface area contributed by atoms with Gasteiger partial charge in [-0.1, -0.05) is 6.42 Å². The smallest absolute Gasteiger partial charge is 0.413 e. The van der Waals surface area contributed by atoms with E-state index < -0.39 is 11.7 Å². The van der Waals surface area contributed by atoms with Crippen molar-refractivity contribution in [2.75, 3.05) is 5.32 Å². The fraction of sp³-hybridized carbons (Fsp3) is 0.562. The van der Waals surface area contributed by atoms with Gasteiger partial charge in [-0.25, -0.2) is 9.78 Å². The number of anilines is 1. The van der Waals surface area contributed by atoms with Crippen LogP contribution < -0.4 is 5.32 Å². The van der Waals surface area contributed by atoms with Crippen molar-refractivity contribution in [1.82, 2.24) is 9.97 Å². The topological polar surface area (TPSA) is 67.0 Å². The normalized spacial score (nSPS) is 15.1. The van der Waals surface area contributed by atoms with Crippen LogP contribution in [0.1, 0.15) is 50.5 Å². The van der Waals surface area contributed by atoms with Gasteiger partial charge < -0.3 is 9.72 Å². The lowest BCUT2D eigenvalue weighted by molar-refractivity contribution is 0.0635. The summed E-state index contributed by atoms with van der Waals surface area (Å²) in [7, 11) is 0. The summed E-state index contributed by atoms with van der Waals surface area (Å²) in [5.74, 6) is 0.605. The maximum Gasteiger partial charge on any atom is 0.413 e. The van der Waals surface area contributed by atoms with Crippen LogP contribution in [0.15, 0.2) is 0 Å². The number of amides is 1. The van der Waals surface area contributed by atoms with E-state index in [9.17, 15) is 4.79 Å². The van der Waals surface area contributed by atoms with Crippen LogP contribution in [0.4, 0.5) is 10.6 Å². The summed E-state index contributed by atoms with van der Waals surface area (Å²) in [4.78, 5) is 21.9. The van der Waals surface area contributed by atoms with E-state index in [-0.39, 0.29) is 0 Å². The maximum atomic E-state index is 12.1. The summed E-state index contributed by atoms with van der Waals surface area (Å²) < 4.78 is 5.73. The highest BCUT2D eigenvalue weighted by Crippen LogP contribution is 2.37. The van der Waals surface area contributed by atoms with Gasteiger partial charge in [-0.2, -0.15) is 0 Å². The van der Waals surface area contributed by atoms with Crippen molar-refractivity contribution in [1.29, 1.82) is 0 Å². The number of carbonyl (C=O) groups excluding carboxylic acids is 1. The van der Waals surface area contributed by atoms with E-state index in [0.717, 1.165) is 23.1 Å². The summed E-state index contributed by atoms with van der Waals surface area (Å²) >= 11 is 6.90. The molecule has 0 saturated heterocycles. The van der Waals surface area contributed by atoms with E-state index in [2.05, 4.69) is 15.3 Å². The zero-order valence-electron chi connectivity index (χ0n) is 13.6. The monoisotopic (exact) mass is 351 g/mol. The first-order valence-corrected chi connectivity index (χ1v) is 9.10. The van der Waals surface area contributed by atoms with Crippen LogP contribution in [0, 0.1) is 4.77 Å². The van der Waals surface area contributed by atoms with Gasteiger partial charge in [-0.3, -0.25) is 5.32 Å². The lowest BCUT2D eigenvalue weighted by Crippen LogP contribution is -2.27. The Kier molecular flexibility index (Phi) is 4.42. The number of hydrogen-bond donors (Lipinski definition) is 2. The molecule has 124 valence electrons. The molecular weight excluding hydrogens is 330 g/mol. The van der Waals surface area contributed by atoms with E-state index in [1.54, 1.807) is 11.3 Å². The number of hydrogen-bond acceptors (Lipinski definition) is 5. The minimum atomic E-state index is -0.543. The van der Waals surface area contributed by atoms with Crippen LogP contribution in [-0.4, -0.2) is 21.7 Å². The van der Waals surface area contributed by atoms with Crippen LogP contribution in [0.25, 0.3) is 10.2 Å². The van der Waals surface area contributed by atoms with Gasteiger partial charge in [0.05, 0.1) is 5.39 Å². The van der Waals surface area contributed by atoms with Crippen molar-refractivity contribution in [2.45, 2.75) is 58.5 Å². The van der Waals surface area contributed by atoms with Crippen molar-refractivity contribution >= 4 is 45.7 Å². The van der Waals surface area contributed by atoms with Gasteiger partial charge in [-0.05, 0) is 64.2 Å². The third kappa shape index (κ3) is 3.72. The minimum absolute atomic E-state index is 0.375. The van der Waals surface area contributed by atoms with Crippen molar-refractivity contribution < 1.29 is 9.53 Å². The third-order valence-corrected chi connectivity index (χ3v) is 5.09. The fourth-order valence-electron chi connectivity index (χ4n) is 2.85. The minimum Gasteiger partial charge on any atom is -0.444 e. The standard InChI is InChI=1S/C16H21N3O2S2/c1-16(2,3)21-15(20)18-12-11-9-7-5-4-6-8-10(9)23-13(11)19-14(22)17-12/h4-8H2,1-3H3,(H2,17,18,19,20,22). The highest BCUT2D eigenvalue weighted by atomic mass is 32.1. The second-order valence-electron chi connectivity index (χ2n) is 6.79. The molecule has 1 amide bonds. The van der Waals surface area contributed by atoms with Crippen molar-refractivity contribution in [3.8, 4) is 0 Å². The number of nitrogens with zero attached hydrogens (tertiary/aromatic N) is 1. The van der Waals surface area contributed by atoms with Crippen molar-refractivity contribution in [3.05, 3.63) is 15.2 Å². The van der Waals surface area contributed by atoms with E-state index in [0.29, 0.717) is 10.6 Å². The average molecular weight is 351 g/mol. The SMILES string of the molecule is CC(C)(C)OC(=O)Nc1[nH]c(=S)nc2sc3c(c12)CCCCC3. The van der Waals surface area contributed by atoms with Crippen LogP contribution >= 0.6 is 23.6 Å². The molecule has 2 heterocycles. The summed E-state index contributed by atoms with van der Waals surface area (Å²) in [6, 6.07) is 0. The van der Waals surface area contributed by atoms with Gasteiger partial charge in [0.1, 0.15) is 16.2 Å². The Morgan fingerprint density at radius 3 is 2.78 bits per heavy atom. The Morgan fingerprint density at radius 2 is 2.04 bits per heavy atom. The molecule has 2 N–H and O–H groups in total. The van der Waals surface area contributed by atoms with Gasteiger partial charge >= 0.3 is 6.09 Å². The van der Waals surface area contributed by atoms with Gasteiger partial charge in [0.2, 0.25) is 0 Å². The highest BCUT2D eigenvalue weighted by Gasteiger charge is 2.22. The summed E-state index contributed by atoms with van der Waals surface area (Å²) in [6.07, 6.45) is 5.23. The molecule has 2 aromatic heterocycles. The number of nitrogens with one attached hydrogen (secondary N) is 2. The molecule has 0 bridgehead atoms. The van der Waals surface area contributed by atoms with E-state index >= 15 is 0 Å². The molecule has 5 nitrogen and oxygen atoms in total. The predicted molar refractivity (Wildman–Crippen MR) is 95.9 cm³/mol. The van der Waals surface area contributed by atoms with E-state index in [1.807, 2.05) is 20.8 Å². The Hall–Kier alpha value is -1.47. The molecular formula is C16H21N3O2S2. The van der Waals surface area contributed by atoms with Gasteiger partial charge in [-0.15, -0.1) is 11.3 Å². The number of thiophene rings is 1. The molecule has 1 aliphatic rings. The summed E-state index contributed by atoms with van der Waals surface area (Å²) in [5.41, 5.74) is 0.755. The molecule has 3 rings (SSSR count). The Labute approximate surface area is 144 Å². The van der Waals surface area contributed by atoms with Crippen LogP contribution in [0.2, 0.25) is 0 Å². The second kappa shape index (κ2) is 6.20. The first-order valence-electron chi connectivity index (χ1n) is 7.88. The number of rotatable bonds is 1. The predicted octanol–water partition coefficient (Wildman–Crippen LogP) is 4.97. The lowest BCUT2D eigenvalue weighted by atomic mass is 10.1. The van der Waals surface area contributed by atoms with E-state index in [1.165, 1.54) is 29.7 Å². The molecule has 23 heavy (non-hydrogen) atoms. The van der Waals surface area contributed by atoms with Gasteiger partial charge in [0.25, 0.3) is 0 Å². The largest absolute Gasteiger partial charge is 0.444 e. The highest BCUT2D eigenvalue weighted by molar-refractivity contribution is 7.71. The Morgan fingerprint density at radius 1 is 1.30 bits per heavy atom. The second-order valence-corrected chi connectivity index (χ2v) is 8.26. The molecule has 1 aliphatic carbocycles. The van der Waals surface area contributed by atoms with Crippen molar-refractivity contribution in [3.63, 3.8) is 0 Å². The molecule has 0 unspecified atom stereocenters. The molecule has 0 aromatic carbocycles. The molecule has 2 aromatic rings. The average Bonchev–Trinajstić information content (AvgIpc) is 2.59. The first-order chi connectivity index (χ1) is 10.8. The zero-order chi connectivity index (χ0) is 16.6. The van der Waals surface area contributed by atoms with Gasteiger partial charge in [0.15, 0.2) is 4.77 Å². The number of carbonyl (C=O) groups is 1. The number of aryl methyl sites for hydroxylation is 2. The van der Waals surface area contributed by atoms with Crippen LogP contribution in [-0.2, 0) is 17.6 Å². The molecule has 0 fully saturated rings. The summed E-state index contributed by atoms with van der Waals surface area (Å²) in [6.45, 7) is 5.52. The van der Waals surface area contributed by atoms with Gasteiger partial charge in [0, 0.05) is 4.88 Å². The van der Waals surface area contributed by atoms with Crippen molar-refractivity contribution in [2.24, 2.45) is 0 Å². The number of aromatic nitrogens is 2.